The van der Waals surface area contributed by atoms with E-state index in [1.807, 2.05) is 31.2 Å². The lowest BCUT2D eigenvalue weighted by Gasteiger charge is -2.28. The van der Waals surface area contributed by atoms with Crippen molar-refractivity contribution in [1.29, 1.82) is 0 Å². The van der Waals surface area contributed by atoms with E-state index < -0.39 is 0 Å². The van der Waals surface area contributed by atoms with Gasteiger partial charge in [0.2, 0.25) is 11.7 Å². The lowest BCUT2D eigenvalue weighted by molar-refractivity contribution is 0.243. The van der Waals surface area contributed by atoms with Crippen molar-refractivity contribution in [3.05, 3.63) is 59.7 Å². The van der Waals surface area contributed by atoms with Gasteiger partial charge in [0.25, 0.3) is 0 Å². The largest absolute Gasteiger partial charge is 0.374 e. The van der Waals surface area contributed by atoms with E-state index in [9.17, 15) is 9.18 Å². The van der Waals surface area contributed by atoms with Crippen molar-refractivity contribution in [3.8, 4) is 11.4 Å². The molecule has 7 nitrogen and oxygen atoms in total. The normalized spacial score (nSPS) is 15.1. The average Bonchev–Trinajstić information content (AvgIpc) is 3.21. The summed E-state index contributed by atoms with van der Waals surface area (Å²) in [4.78, 5) is 18.2. The number of halogens is 1. The number of carbonyl (C=O) groups is 1. The Morgan fingerprint density at radius 1 is 1.28 bits per heavy atom. The summed E-state index contributed by atoms with van der Waals surface area (Å²) in [6.45, 7) is 4.99. The maximum atomic E-state index is 13.8. The lowest BCUT2D eigenvalue weighted by atomic mass is 10.1. The van der Waals surface area contributed by atoms with Gasteiger partial charge in [-0.15, -0.1) is 0 Å². The second kappa shape index (κ2) is 7.90. The number of hydrogen-bond donors (Lipinski definition) is 2. The summed E-state index contributed by atoms with van der Waals surface area (Å²) in [6.07, 6.45) is 0.907. The van der Waals surface area contributed by atoms with Crippen molar-refractivity contribution in [1.82, 2.24) is 15.5 Å². The van der Waals surface area contributed by atoms with Crippen LogP contribution in [0.15, 0.2) is 47.0 Å². The van der Waals surface area contributed by atoms with Crippen LogP contribution >= 0.6 is 0 Å². The van der Waals surface area contributed by atoms with Crippen LogP contribution < -0.4 is 15.5 Å². The highest BCUT2D eigenvalue weighted by atomic mass is 19.1. The fourth-order valence-electron chi connectivity index (χ4n) is 3.21. The molecule has 1 aliphatic rings. The third kappa shape index (κ3) is 4.06. The number of nitrogens with one attached hydrogen (secondary N) is 2. The molecule has 8 heteroatoms. The molecule has 150 valence electrons. The fourth-order valence-corrected chi connectivity index (χ4v) is 3.21. The zero-order valence-electron chi connectivity index (χ0n) is 16.3. The molecular weight excluding hydrogens is 373 g/mol. The fraction of sp³-hybridized carbons (Fsp3) is 0.286. The Balaban J connectivity index is 1.49. The molecule has 1 aliphatic heterocycles. The van der Waals surface area contributed by atoms with Crippen LogP contribution in [0.3, 0.4) is 0 Å². The van der Waals surface area contributed by atoms with Crippen molar-refractivity contribution in [3.63, 3.8) is 0 Å². The van der Waals surface area contributed by atoms with Crippen LogP contribution in [-0.4, -0.2) is 29.3 Å². The summed E-state index contributed by atoms with van der Waals surface area (Å²) in [5.41, 5.74) is 2.78. The summed E-state index contributed by atoms with van der Waals surface area (Å²) in [5.74, 6) is 0.423. The topological polar surface area (TPSA) is 83.3 Å². The number of rotatable bonds is 5. The first-order chi connectivity index (χ1) is 14.0. The maximum absolute atomic E-state index is 13.8. The van der Waals surface area contributed by atoms with Gasteiger partial charge in [-0.1, -0.05) is 23.4 Å². The van der Waals surface area contributed by atoms with Gasteiger partial charge in [0.05, 0.1) is 0 Å². The quantitative estimate of drug-likeness (QED) is 0.674. The standard InChI is InChI=1S/C21H22FN5O2/c1-13-7-8-15(11-18(13)22)19-25-20(29-26-19)14(2)24-16-5-3-6-17(12-16)27-10-4-9-23-21(27)28/h3,5-8,11-12,14,24H,4,9-10H2,1-2H3,(H,23,28)/t14-/m0/s1. The highest BCUT2D eigenvalue weighted by Crippen LogP contribution is 2.26. The number of benzene rings is 2. The molecule has 2 aromatic carbocycles. The van der Waals surface area contributed by atoms with E-state index in [0.717, 1.165) is 17.8 Å². The summed E-state index contributed by atoms with van der Waals surface area (Å²) in [7, 11) is 0. The second-order valence-electron chi connectivity index (χ2n) is 7.07. The Morgan fingerprint density at radius 3 is 2.93 bits per heavy atom. The number of urea groups is 1. The highest BCUT2D eigenvalue weighted by molar-refractivity contribution is 5.93. The van der Waals surface area contributed by atoms with Crippen LogP contribution in [0.25, 0.3) is 11.4 Å². The number of amides is 2. The Bertz CT molecular complexity index is 1040. The summed E-state index contributed by atoms with van der Waals surface area (Å²) in [6, 6.07) is 12.1. The molecular formula is C21H22FN5O2. The van der Waals surface area contributed by atoms with Crippen LogP contribution in [-0.2, 0) is 0 Å². The molecule has 1 atom stereocenters. The van der Waals surface area contributed by atoms with E-state index in [1.165, 1.54) is 6.07 Å². The van der Waals surface area contributed by atoms with Gasteiger partial charge >= 0.3 is 6.03 Å². The monoisotopic (exact) mass is 395 g/mol. The van der Waals surface area contributed by atoms with Crippen molar-refractivity contribution in [2.24, 2.45) is 0 Å². The smallest absolute Gasteiger partial charge is 0.321 e. The zero-order valence-corrected chi connectivity index (χ0v) is 16.3. The van der Waals surface area contributed by atoms with E-state index in [-0.39, 0.29) is 17.9 Å². The van der Waals surface area contributed by atoms with Crippen molar-refractivity contribution in [2.75, 3.05) is 23.3 Å². The zero-order chi connectivity index (χ0) is 20.4. The number of nitrogens with zero attached hydrogens (tertiary/aromatic N) is 3. The van der Waals surface area contributed by atoms with Crippen LogP contribution in [0, 0.1) is 12.7 Å². The van der Waals surface area contributed by atoms with Gasteiger partial charge in [-0.25, -0.2) is 9.18 Å². The number of aryl methyl sites for hydroxylation is 1. The molecule has 4 rings (SSSR count). The van der Waals surface area contributed by atoms with Gasteiger partial charge in [-0.05, 0) is 50.1 Å². The molecule has 2 heterocycles. The summed E-state index contributed by atoms with van der Waals surface area (Å²) >= 11 is 0. The van der Waals surface area contributed by atoms with Crippen molar-refractivity contribution >= 4 is 17.4 Å². The van der Waals surface area contributed by atoms with Crippen molar-refractivity contribution < 1.29 is 13.7 Å². The van der Waals surface area contributed by atoms with Gasteiger partial charge in [0, 0.05) is 30.0 Å². The molecule has 0 saturated carbocycles. The number of hydrogen-bond acceptors (Lipinski definition) is 5. The highest BCUT2D eigenvalue weighted by Gasteiger charge is 2.20. The van der Waals surface area contributed by atoms with Gasteiger partial charge in [-0.2, -0.15) is 4.98 Å². The SMILES string of the molecule is Cc1ccc(-c2noc([C@H](C)Nc3cccc(N4CCCNC4=O)c3)n2)cc1F. The molecule has 1 fully saturated rings. The molecule has 0 spiro atoms. The van der Waals surface area contributed by atoms with Crippen LogP contribution in [0.2, 0.25) is 0 Å². The summed E-state index contributed by atoms with van der Waals surface area (Å²) in [5, 5.41) is 10.1. The predicted molar refractivity (Wildman–Crippen MR) is 108 cm³/mol. The van der Waals surface area contributed by atoms with Gasteiger partial charge in [-0.3, -0.25) is 4.90 Å². The Hall–Kier alpha value is -3.42. The number of aromatic nitrogens is 2. The first-order valence-corrected chi connectivity index (χ1v) is 9.53. The first kappa shape index (κ1) is 18.9. The van der Waals surface area contributed by atoms with Crippen LogP contribution in [0.1, 0.15) is 30.8 Å². The van der Waals surface area contributed by atoms with E-state index >= 15 is 0 Å². The Labute approximate surface area is 167 Å². The van der Waals surface area contributed by atoms with Crippen LogP contribution in [0.4, 0.5) is 20.6 Å². The third-order valence-corrected chi connectivity index (χ3v) is 4.86. The molecule has 0 radical (unpaired) electrons. The predicted octanol–water partition coefficient (Wildman–Crippen LogP) is 4.28. The van der Waals surface area contributed by atoms with Gasteiger partial charge in [0.15, 0.2) is 0 Å². The van der Waals surface area contributed by atoms with Gasteiger partial charge < -0.3 is 15.2 Å². The van der Waals surface area contributed by atoms with Crippen molar-refractivity contribution in [2.45, 2.75) is 26.3 Å². The average molecular weight is 395 g/mol. The minimum Gasteiger partial charge on any atom is -0.374 e. The Kier molecular flexibility index (Phi) is 5.16. The van der Waals surface area contributed by atoms with E-state index in [4.69, 9.17) is 4.52 Å². The number of anilines is 2. The molecule has 1 saturated heterocycles. The lowest BCUT2D eigenvalue weighted by Crippen LogP contribution is -2.46. The molecule has 29 heavy (non-hydrogen) atoms. The minimum absolute atomic E-state index is 0.0895. The molecule has 0 unspecified atom stereocenters. The first-order valence-electron chi connectivity index (χ1n) is 9.53. The molecule has 1 aromatic heterocycles. The van der Waals surface area contributed by atoms with E-state index in [1.54, 1.807) is 24.0 Å². The minimum atomic E-state index is -0.307. The molecule has 2 amide bonds. The number of carbonyl (C=O) groups excluding carboxylic acids is 1. The Morgan fingerprint density at radius 2 is 2.14 bits per heavy atom. The van der Waals surface area contributed by atoms with Gasteiger partial charge in [0.1, 0.15) is 11.9 Å². The van der Waals surface area contributed by atoms with E-state index in [0.29, 0.717) is 35.9 Å². The van der Waals surface area contributed by atoms with E-state index in [2.05, 4.69) is 20.8 Å². The maximum Gasteiger partial charge on any atom is 0.321 e. The molecule has 0 bridgehead atoms. The molecule has 2 N–H and O–H groups in total. The second-order valence-corrected chi connectivity index (χ2v) is 7.07. The molecule has 0 aliphatic carbocycles. The molecule has 3 aromatic rings. The van der Waals surface area contributed by atoms with Crippen LogP contribution in [0.5, 0.6) is 0 Å². The summed E-state index contributed by atoms with van der Waals surface area (Å²) < 4.78 is 19.2. The third-order valence-electron chi connectivity index (χ3n) is 4.86.